The van der Waals surface area contributed by atoms with Gasteiger partial charge in [0.1, 0.15) is 0 Å². The SMILES string of the molecule is CC(=O)O[C@@H](CS)C(=O)OCC(=O)O. The topological polar surface area (TPSA) is 89.9 Å². The summed E-state index contributed by atoms with van der Waals surface area (Å²) in [6.07, 6.45) is -1.16. The highest BCUT2D eigenvalue weighted by molar-refractivity contribution is 7.80. The highest BCUT2D eigenvalue weighted by Gasteiger charge is 2.22. The van der Waals surface area contributed by atoms with Gasteiger partial charge in [0, 0.05) is 12.7 Å². The molecule has 0 rings (SSSR count). The molecule has 6 nitrogen and oxygen atoms in total. The molecule has 0 aliphatic carbocycles. The van der Waals surface area contributed by atoms with Crippen LogP contribution in [0, 0.1) is 0 Å². The first kappa shape index (κ1) is 12.8. The van der Waals surface area contributed by atoms with Gasteiger partial charge in [-0.25, -0.2) is 9.59 Å². The first-order valence-electron chi connectivity index (χ1n) is 3.64. The number of aliphatic carboxylic acids is 1. The quantitative estimate of drug-likeness (QED) is 0.480. The van der Waals surface area contributed by atoms with Crippen molar-refractivity contribution in [1.82, 2.24) is 0 Å². The van der Waals surface area contributed by atoms with E-state index in [4.69, 9.17) is 5.11 Å². The minimum atomic E-state index is -1.28. The summed E-state index contributed by atoms with van der Waals surface area (Å²) < 4.78 is 8.80. The third-order valence-corrected chi connectivity index (χ3v) is 1.41. The zero-order chi connectivity index (χ0) is 11.1. The third-order valence-electron chi connectivity index (χ3n) is 1.07. The maximum atomic E-state index is 11.0. The van der Waals surface area contributed by atoms with E-state index in [9.17, 15) is 14.4 Å². The van der Waals surface area contributed by atoms with Crippen LogP contribution in [0.15, 0.2) is 0 Å². The van der Waals surface area contributed by atoms with Crippen molar-refractivity contribution in [3.8, 4) is 0 Å². The van der Waals surface area contributed by atoms with E-state index in [0.29, 0.717) is 0 Å². The molecule has 0 heterocycles. The number of carbonyl (C=O) groups is 3. The molecule has 0 saturated carbocycles. The predicted molar refractivity (Wildman–Crippen MR) is 48.0 cm³/mol. The van der Waals surface area contributed by atoms with E-state index < -0.39 is 30.6 Å². The second-order valence-corrected chi connectivity index (χ2v) is 2.65. The number of hydrogen-bond donors (Lipinski definition) is 2. The molecule has 0 radical (unpaired) electrons. The Morgan fingerprint density at radius 2 is 2.00 bits per heavy atom. The van der Waals surface area contributed by atoms with Crippen molar-refractivity contribution in [2.75, 3.05) is 12.4 Å². The van der Waals surface area contributed by atoms with Crippen molar-refractivity contribution < 1.29 is 29.0 Å². The fourth-order valence-electron chi connectivity index (χ4n) is 0.586. The molecular weight excluding hydrogens is 212 g/mol. The van der Waals surface area contributed by atoms with Gasteiger partial charge in [0.2, 0.25) is 6.10 Å². The van der Waals surface area contributed by atoms with Crippen LogP contribution in [-0.2, 0) is 23.9 Å². The molecule has 14 heavy (non-hydrogen) atoms. The number of carboxylic acids is 1. The highest BCUT2D eigenvalue weighted by Crippen LogP contribution is 1.99. The summed E-state index contributed by atoms with van der Waals surface area (Å²) in [4.78, 5) is 31.5. The number of esters is 2. The summed E-state index contributed by atoms with van der Waals surface area (Å²) in [6, 6.07) is 0. The molecule has 0 aliphatic heterocycles. The van der Waals surface area contributed by atoms with E-state index in [0.717, 1.165) is 6.92 Å². The molecule has 0 spiro atoms. The van der Waals surface area contributed by atoms with Gasteiger partial charge in [-0.3, -0.25) is 4.79 Å². The van der Waals surface area contributed by atoms with E-state index in [-0.39, 0.29) is 5.75 Å². The Morgan fingerprint density at radius 1 is 1.43 bits per heavy atom. The molecule has 0 unspecified atom stereocenters. The van der Waals surface area contributed by atoms with Gasteiger partial charge in [-0.1, -0.05) is 0 Å². The number of carbonyl (C=O) groups excluding carboxylic acids is 2. The van der Waals surface area contributed by atoms with Crippen LogP contribution in [0.3, 0.4) is 0 Å². The molecule has 80 valence electrons. The van der Waals surface area contributed by atoms with Gasteiger partial charge in [0.25, 0.3) is 0 Å². The predicted octanol–water partition coefficient (Wildman–Crippen LogP) is -0.524. The van der Waals surface area contributed by atoms with Crippen LogP contribution in [0.5, 0.6) is 0 Å². The molecule has 7 heteroatoms. The Hall–Kier alpha value is -1.24. The number of thiol groups is 1. The number of carboxylic acid groups (broad SMARTS) is 1. The van der Waals surface area contributed by atoms with Crippen molar-refractivity contribution in [1.29, 1.82) is 0 Å². The average Bonchev–Trinajstić information content (AvgIpc) is 2.09. The molecule has 0 aromatic rings. The Kier molecular flexibility index (Phi) is 5.70. The lowest BCUT2D eigenvalue weighted by Gasteiger charge is -2.12. The van der Waals surface area contributed by atoms with Crippen molar-refractivity contribution in [3.63, 3.8) is 0 Å². The van der Waals surface area contributed by atoms with Gasteiger partial charge in [0.15, 0.2) is 6.61 Å². The second kappa shape index (κ2) is 6.25. The summed E-state index contributed by atoms with van der Waals surface area (Å²) in [7, 11) is 0. The van der Waals surface area contributed by atoms with Crippen molar-refractivity contribution in [2.45, 2.75) is 13.0 Å². The van der Waals surface area contributed by atoms with Gasteiger partial charge >= 0.3 is 17.9 Å². The normalized spacial score (nSPS) is 11.6. The van der Waals surface area contributed by atoms with E-state index in [1.807, 2.05) is 0 Å². The van der Waals surface area contributed by atoms with Crippen LogP contribution in [0.1, 0.15) is 6.92 Å². The largest absolute Gasteiger partial charge is 0.479 e. The van der Waals surface area contributed by atoms with E-state index in [1.165, 1.54) is 0 Å². The molecule has 1 atom stereocenters. The molecule has 0 fully saturated rings. The zero-order valence-electron chi connectivity index (χ0n) is 7.43. The number of ether oxygens (including phenoxy) is 2. The standard InChI is InChI=1S/C7H10O6S/c1-4(8)13-5(3-14)7(11)12-2-6(9)10/h5,14H,2-3H2,1H3,(H,9,10)/t5-/m0/s1. The van der Waals surface area contributed by atoms with Gasteiger partial charge in [-0.2, -0.15) is 12.6 Å². The van der Waals surface area contributed by atoms with Crippen LogP contribution in [0.2, 0.25) is 0 Å². The number of hydrogen-bond acceptors (Lipinski definition) is 6. The van der Waals surface area contributed by atoms with Crippen LogP contribution in [-0.4, -0.2) is 41.5 Å². The molecule has 0 aliphatic rings. The van der Waals surface area contributed by atoms with E-state index in [1.54, 1.807) is 0 Å². The van der Waals surface area contributed by atoms with Crippen molar-refractivity contribution in [3.05, 3.63) is 0 Å². The molecule has 0 bridgehead atoms. The minimum Gasteiger partial charge on any atom is -0.479 e. The van der Waals surface area contributed by atoms with E-state index in [2.05, 4.69) is 22.1 Å². The van der Waals surface area contributed by atoms with Gasteiger partial charge in [-0.05, 0) is 0 Å². The maximum Gasteiger partial charge on any atom is 0.348 e. The molecule has 0 aromatic carbocycles. The monoisotopic (exact) mass is 222 g/mol. The first-order chi connectivity index (χ1) is 6.47. The molecular formula is C7H10O6S. The summed E-state index contributed by atoms with van der Waals surface area (Å²) in [6.45, 7) is 0.366. The highest BCUT2D eigenvalue weighted by atomic mass is 32.1. The lowest BCUT2D eigenvalue weighted by molar-refractivity contribution is -0.168. The van der Waals surface area contributed by atoms with Crippen LogP contribution in [0.4, 0.5) is 0 Å². The maximum absolute atomic E-state index is 11.0. The Balaban J connectivity index is 4.04. The first-order valence-corrected chi connectivity index (χ1v) is 4.27. The second-order valence-electron chi connectivity index (χ2n) is 2.28. The Bertz CT molecular complexity index is 238. The molecule has 0 aromatic heterocycles. The van der Waals surface area contributed by atoms with E-state index >= 15 is 0 Å². The van der Waals surface area contributed by atoms with Crippen LogP contribution in [0.25, 0.3) is 0 Å². The van der Waals surface area contributed by atoms with Crippen LogP contribution < -0.4 is 0 Å². The Morgan fingerprint density at radius 3 is 2.36 bits per heavy atom. The minimum absolute atomic E-state index is 0.0575. The average molecular weight is 222 g/mol. The molecule has 0 saturated heterocycles. The fraction of sp³-hybridized carbons (Fsp3) is 0.571. The molecule has 1 N–H and O–H groups in total. The van der Waals surface area contributed by atoms with Crippen LogP contribution >= 0.6 is 12.6 Å². The lowest BCUT2D eigenvalue weighted by atomic mass is 10.4. The lowest BCUT2D eigenvalue weighted by Crippen LogP contribution is -2.31. The van der Waals surface area contributed by atoms with Gasteiger partial charge < -0.3 is 14.6 Å². The Labute approximate surface area is 85.6 Å². The third kappa shape index (κ3) is 5.41. The smallest absolute Gasteiger partial charge is 0.348 e. The fourth-order valence-corrected chi connectivity index (χ4v) is 0.810. The van der Waals surface area contributed by atoms with Gasteiger partial charge in [-0.15, -0.1) is 0 Å². The summed E-state index contributed by atoms with van der Waals surface area (Å²) in [5.41, 5.74) is 0. The summed E-state index contributed by atoms with van der Waals surface area (Å²) >= 11 is 3.75. The summed E-state index contributed by atoms with van der Waals surface area (Å²) in [5.74, 6) is -2.91. The van der Waals surface area contributed by atoms with Crippen molar-refractivity contribution >= 4 is 30.5 Å². The van der Waals surface area contributed by atoms with Gasteiger partial charge in [0.05, 0.1) is 0 Å². The van der Waals surface area contributed by atoms with Crippen molar-refractivity contribution in [2.24, 2.45) is 0 Å². The number of rotatable bonds is 5. The zero-order valence-corrected chi connectivity index (χ0v) is 8.32. The molecule has 0 amide bonds. The summed E-state index contributed by atoms with van der Waals surface area (Å²) in [5, 5.41) is 8.19.